The first kappa shape index (κ1) is 16.4. The van der Waals surface area contributed by atoms with Crippen molar-refractivity contribution >= 4 is 17.4 Å². The Labute approximate surface area is 133 Å². The molecule has 1 atom stereocenters. The van der Waals surface area contributed by atoms with Crippen molar-refractivity contribution in [2.24, 2.45) is 0 Å². The maximum Gasteiger partial charge on any atom is 0.319 e. The number of carbonyl (C=O) groups excluding carboxylic acids is 1. The standard InChI is InChI=1S/C16H18N4O3/c1-10-8-11(2)15(20(22)23)9-14(10)19-16(21)18-12(3)13-4-6-17-7-5-13/h4-9,12H,1-3H3,(H2,18,19,21)/t12-/m1/s1. The number of nitrogens with one attached hydrogen (secondary N) is 2. The fraction of sp³-hybridized carbons (Fsp3) is 0.250. The Morgan fingerprint density at radius 1 is 1.22 bits per heavy atom. The smallest absolute Gasteiger partial charge is 0.319 e. The van der Waals surface area contributed by atoms with Gasteiger partial charge < -0.3 is 10.6 Å². The van der Waals surface area contributed by atoms with E-state index in [9.17, 15) is 14.9 Å². The second kappa shape index (κ2) is 6.87. The number of aromatic nitrogens is 1. The Hall–Kier alpha value is -2.96. The van der Waals surface area contributed by atoms with Crippen molar-refractivity contribution in [3.63, 3.8) is 0 Å². The van der Waals surface area contributed by atoms with Crippen LogP contribution in [0.15, 0.2) is 36.7 Å². The van der Waals surface area contributed by atoms with Gasteiger partial charge in [-0.25, -0.2) is 4.79 Å². The molecule has 0 aliphatic rings. The van der Waals surface area contributed by atoms with E-state index in [0.29, 0.717) is 11.3 Å². The highest BCUT2D eigenvalue weighted by Crippen LogP contribution is 2.26. The number of nitrogens with zero attached hydrogens (tertiary/aromatic N) is 2. The molecule has 0 radical (unpaired) electrons. The summed E-state index contributed by atoms with van der Waals surface area (Å²) in [6.45, 7) is 5.30. The van der Waals surface area contributed by atoms with Crippen LogP contribution in [0.4, 0.5) is 16.2 Å². The monoisotopic (exact) mass is 314 g/mol. The molecule has 120 valence electrons. The third-order valence-electron chi connectivity index (χ3n) is 3.54. The summed E-state index contributed by atoms with van der Waals surface area (Å²) in [6.07, 6.45) is 3.30. The summed E-state index contributed by atoms with van der Waals surface area (Å²) < 4.78 is 0. The van der Waals surface area contributed by atoms with E-state index in [1.165, 1.54) is 6.07 Å². The molecule has 1 heterocycles. The SMILES string of the molecule is Cc1cc(C)c([N+](=O)[O-])cc1NC(=O)N[C@H](C)c1ccncc1. The van der Waals surface area contributed by atoms with Gasteiger partial charge in [0.1, 0.15) is 0 Å². The number of carbonyl (C=O) groups is 1. The normalized spacial score (nSPS) is 11.6. The van der Waals surface area contributed by atoms with Crippen LogP contribution < -0.4 is 10.6 Å². The van der Waals surface area contributed by atoms with E-state index in [-0.39, 0.29) is 11.7 Å². The molecule has 1 aromatic carbocycles. The fourth-order valence-electron chi connectivity index (χ4n) is 2.26. The van der Waals surface area contributed by atoms with Crippen molar-refractivity contribution in [3.8, 4) is 0 Å². The minimum absolute atomic E-state index is 0.0203. The Balaban J connectivity index is 2.11. The maximum atomic E-state index is 12.1. The van der Waals surface area contributed by atoms with E-state index in [4.69, 9.17) is 0 Å². The first-order valence-corrected chi connectivity index (χ1v) is 7.11. The Bertz CT molecular complexity index is 732. The molecule has 7 nitrogen and oxygen atoms in total. The lowest BCUT2D eigenvalue weighted by molar-refractivity contribution is -0.385. The second-order valence-electron chi connectivity index (χ2n) is 5.31. The molecule has 0 saturated carbocycles. The van der Waals surface area contributed by atoms with Crippen LogP contribution in [0.3, 0.4) is 0 Å². The lowest BCUT2D eigenvalue weighted by atomic mass is 10.1. The number of hydrogen-bond acceptors (Lipinski definition) is 4. The minimum Gasteiger partial charge on any atom is -0.331 e. The highest BCUT2D eigenvalue weighted by molar-refractivity contribution is 5.91. The van der Waals surface area contributed by atoms with Crippen molar-refractivity contribution in [1.82, 2.24) is 10.3 Å². The molecule has 0 aliphatic heterocycles. The van der Waals surface area contributed by atoms with Crippen molar-refractivity contribution in [2.75, 3.05) is 5.32 Å². The summed E-state index contributed by atoms with van der Waals surface area (Å²) in [7, 11) is 0. The summed E-state index contributed by atoms with van der Waals surface area (Å²) in [5, 5.41) is 16.5. The fourth-order valence-corrected chi connectivity index (χ4v) is 2.26. The minimum atomic E-state index is -0.461. The van der Waals surface area contributed by atoms with Gasteiger partial charge in [-0.05, 0) is 50.1 Å². The molecule has 0 saturated heterocycles. The van der Waals surface area contributed by atoms with Crippen LogP contribution in [-0.2, 0) is 0 Å². The lowest BCUT2D eigenvalue weighted by Crippen LogP contribution is -2.31. The predicted molar refractivity (Wildman–Crippen MR) is 87.4 cm³/mol. The van der Waals surface area contributed by atoms with Crippen molar-refractivity contribution in [3.05, 3.63) is 63.5 Å². The Kier molecular flexibility index (Phi) is 4.90. The summed E-state index contributed by atoms with van der Waals surface area (Å²) in [6, 6.07) is 6.05. The third kappa shape index (κ3) is 4.03. The zero-order valence-electron chi connectivity index (χ0n) is 13.2. The number of rotatable bonds is 4. The number of amides is 2. The number of nitro benzene ring substituents is 1. The molecular weight excluding hydrogens is 296 g/mol. The molecule has 23 heavy (non-hydrogen) atoms. The predicted octanol–water partition coefficient (Wildman–Crippen LogP) is 3.49. The van der Waals surface area contributed by atoms with Crippen LogP contribution in [0.2, 0.25) is 0 Å². The summed E-state index contributed by atoms with van der Waals surface area (Å²) in [5.41, 5.74) is 2.64. The highest BCUT2D eigenvalue weighted by atomic mass is 16.6. The Morgan fingerprint density at radius 3 is 2.48 bits per heavy atom. The molecule has 0 spiro atoms. The van der Waals surface area contributed by atoms with E-state index >= 15 is 0 Å². The van der Waals surface area contributed by atoms with Gasteiger partial charge in [0.05, 0.1) is 16.7 Å². The number of aryl methyl sites for hydroxylation is 2. The summed E-state index contributed by atoms with van der Waals surface area (Å²) >= 11 is 0. The largest absolute Gasteiger partial charge is 0.331 e. The molecule has 2 aromatic rings. The van der Waals surface area contributed by atoms with Crippen molar-refractivity contribution in [2.45, 2.75) is 26.8 Å². The zero-order chi connectivity index (χ0) is 17.0. The second-order valence-corrected chi connectivity index (χ2v) is 5.31. The van der Waals surface area contributed by atoms with Gasteiger partial charge in [-0.3, -0.25) is 15.1 Å². The number of nitro groups is 1. The van der Waals surface area contributed by atoms with Crippen LogP contribution >= 0.6 is 0 Å². The third-order valence-corrected chi connectivity index (χ3v) is 3.54. The first-order valence-electron chi connectivity index (χ1n) is 7.11. The van der Waals surface area contributed by atoms with Gasteiger partial charge in [-0.1, -0.05) is 0 Å². The van der Waals surface area contributed by atoms with Gasteiger partial charge in [-0.2, -0.15) is 0 Å². The Morgan fingerprint density at radius 2 is 1.87 bits per heavy atom. The molecule has 0 bridgehead atoms. The zero-order valence-corrected chi connectivity index (χ0v) is 13.2. The van der Waals surface area contributed by atoms with Crippen molar-refractivity contribution < 1.29 is 9.72 Å². The van der Waals surface area contributed by atoms with E-state index in [0.717, 1.165) is 11.1 Å². The molecule has 2 rings (SSSR count). The van der Waals surface area contributed by atoms with Gasteiger partial charge >= 0.3 is 6.03 Å². The van der Waals surface area contributed by atoms with E-state index in [2.05, 4.69) is 15.6 Å². The number of anilines is 1. The first-order chi connectivity index (χ1) is 10.9. The van der Waals surface area contributed by atoms with Crippen LogP contribution in [0.1, 0.15) is 29.7 Å². The topological polar surface area (TPSA) is 97.2 Å². The van der Waals surface area contributed by atoms with Gasteiger partial charge in [0.2, 0.25) is 0 Å². The summed E-state index contributed by atoms with van der Waals surface area (Å²) in [4.78, 5) is 26.6. The number of urea groups is 1. The van der Waals surface area contributed by atoms with Gasteiger partial charge in [0.25, 0.3) is 5.69 Å². The average molecular weight is 314 g/mol. The molecule has 2 N–H and O–H groups in total. The lowest BCUT2D eigenvalue weighted by Gasteiger charge is -2.16. The van der Waals surface area contributed by atoms with E-state index < -0.39 is 11.0 Å². The molecule has 0 aliphatic carbocycles. The van der Waals surface area contributed by atoms with Crippen LogP contribution in [-0.4, -0.2) is 15.9 Å². The molecular formula is C16H18N4O3. The number of pyridine rings is 1. The van der Waals surface area contributed by atoms with E-state index in [1.807, 2.05) is 19.1 Å². The molecule has 1 aromatic heterocycles. The van der Waals surface area contributed by atoms with Crippen LogP contribution in [0, 0.1) is 24.0 Å². The number of benzene rings is 1. The average Bonchev–Trinajstić information content (AvgIpc) is 2.50. The highest BCUT2D eigenvalue weighted by Gasteiger charge is 2.16. The van der Waals surface area contributed by atoms with Crippen LogP contribution in [0.25, 0.3) is 0 Å². The molecule has 7 heteroatoms. The van der Waals surface area contributed by atoms with Crippen LogP contribution in [0.5, 0.6) is 0 Å². The maximum absolute atomic E-state index is 12.1. The molecule has 0 unspecified atom stereocenters. The number of hydrogen-bond donors (Lipinski definition) is 2. The van der Waals surface area contributed by atoms with Crippen molar-refractivity contribution in [1.29, 1.82) is 0 Å². The summed E-state index contributed by atoms with van der Waals surface area (Å²) in [5.74, 6) is 0. The van der Waals surface area contributed by atoms with E-state index in [1.54, 1.807) is 32.3 Å². The molecule has 2 amide bonds. The molecule has 0 fully saturated rings. The van der Waals surface area contributed by atoms with Gasteiger partial charge in [0, 0.05) is 24.0 Å². The van der Waals surface area contributed by atoms with Gasteiger partial charge in [0.15, 0.2) is 0 Å². The van der Waals surface area contributed by atoms with Gasteiger partial charge in [-0.15, -0.1) is 0 Å². The quantitative estimate of drug-likeness (QED) is 0.666.